The van der Waals surface area contributed by atoms with Gasteiger partial charge in [0.25, 0.3) is 0 Å². The van der Waals surface area contributed by atoms with E-state index in [1.165, 1.54) is 0 Å². The van der Waals surface area contributed by atoms with Gasteiger partial charge >= 0.3 is 8.80 Å². The Kier molecular flexibility index (Phi) is 6.35. The summed E-state index contributed by atoms with van der Waals surface area (Å²) in [7, 11) is 2.50. The maximum absolute atomic E-state index is 5.68. The fourth-order valence-corrected chi connectivity index (χ4v) is 5.73. The third kappa shape index (κ3) is 3.53. The van der Waals surface area contributed by atoms with Gasteiger partial charge < -0.3 is 13.3 Å². The minimum atomic E-state index is -2.60. The Bertz CT molecular complexity index is 218. The summed E-state index contributed by atoms with van der Waals surface area (Å²) in [5.41, 5.74) is 0.276. The average Bonchev–Trinajstić information content (AvgIpc) is 2.31. The molecule has 0 spiro atoms. The first kappa shape index (κ1) is 17.1. The first-order chi connectivity index (χ1) is 7.76. The molecule has 0 aliphatic rings. The first-order valence-electron chi connectivity index (χ1n) is 6.42. The SMILES string of the molecule is CCC(C)(C)CC(C)(CC)[Si](OC)(OC)OC. The minimum Gasteiger partial charge on any atom is -0.377 e. The predicted octanol–water partition coefficient (Wildman–Crippen LogP) is 3.86. The van der Waals surface area contributed by atoms with E-state index < -0.39 is 8.80 Å². The van der Waals surface area contributed by atoms with Gasteiger partial charge in [0.2, 0.25) is 0 Å². The van der Waals surface area contributed by atoms with Crippen molar-refractivity contribution in [3.05, 3.63) is 0 Å². The predicted molar refractivity (Wildman–Crippen MR) is 74.1 cm³/mol. The zero-order valence-electron chi connectivity index (χ0n) is 12.8. The Labute approximate surface area is 108 Å². The van der Waals surface area contributed by atoms with Gasteiger partial charge in [0, 0.05) is 26.4 Å². The van der Waals surface area contributed by atoms with E-state index in [0.717, 1.165) is 19.3 Å². The van der Waals surface area contributed by atoms with Crippen LogP contribution < -0.4 is 0 Å². The molecule has 1 atom stereocenters. The second-order valence-corrected chi connectivity index (χ2v) is 9.32. The van der Waals surface area contributed by atoms with Crippen LogP contribution in [-0.4, -0.2) is 30.1 Å². The highest BCUT2D eigenvalue weighted by Gasteiger charge is 2.56. The molecule has 0 aromatic heterocycles. The summed E-state index contributed by atoms with van der Waals surface area (Å²) < 4.78 is 17.0. The molecule has 0 aliphatic carbocycles. The van der Waals surface area contributed by atoms with E-state index in [1.54, 1.807) is 21.3 Å². The van der Waals surface area contributed by atoms with E-state index in [0.29, 0.717) is 0 Å². The second kappa shape index (κ2) is 6.32. The lowest BCUT2D eigenvalue weighted by molar-refractivity contribution is 0.0755. The first-order valence-corrected chi connectivity index (χ1v) is 8.14. The Hall–Kier alpha value is 0.0969. The molecule has 17 heavy (non-hydrogen) atoms. The van der Waals surface area contributed by atoms with Crippen LogP contribution in [0.15, 0.2) is 0 Å². The van der Waals surface area contributed by atoms with Crippen molar-refractivity contribution in [2.45, 2.75) is 58.9 Å². The molecule has 3 nitrogen and oxygen atoms in total. The van der Waals surface area contributed by atoms with Gasteiger partial charge in [0.05, 0.1) is 0 Å². The molecular weight excluding hydrogens is 232 g/mol. The molecule has 0 aromatic rings. The molecule has 1 unspecified atom stereocenters. The highest BCUT2D eigenvalue weighted by Crippen LogP contribution is 2.51. The fourth-order valence-electron chi connectivity index (χ4n) is 2.62. The summed E-state index contributed by atoms with van der Waals surface area (Å²) >= 11 is 0. The van der Waals surface area contributed by atoms with E-state index in [4.69, 9.17) is 13.3 Å². The summed E-state index contributed by atoms with van der Waals surface area (Å²) in [5, 5.41) is -0.0369. The van der Waals surface area contributed by atoms with Crippen molar-refractivity contribution in [1.82, 2.24) is 0 Å². The lowest BCUT2D eigenvalue weighted by Gasteiger charge is -2.44. The zero-order chi connectivity index (χ0) is 13.7. The molecule has 4 heteroatoms. The fraction of sp³-hybridized carbons (Fsp3) is 1.00. The van der Waals surface area contributed by atoms with Crippen LogP contribution in [0.3, 0.4) is 0 Å². The molecule has 0 aromatic carbocycles. The van der Waals surface area contributed by atoms with Crippen molar-refractivity contribution < 1.29 is 13.3 Å². The second-order valence-electron chi connectivity index (χ2n) is 5.78. The lowest BCUT2D eigenvalue weighted by Crippen LogP contribution is -2.54. The van der Waals surface area contributed by atoms with Gasteiger partial charge in [0.15, 0.2) is 0 Å². The van der Waals surface area contributed by atoms with Crippen molar-refractivity contribution in [2.24, 2.45) is 5.41 Å². The van der Waals surface area contributed by atoms with Crippen molar-refractivity contribution >= 4 is 8.80 Å². The Morgan fingerprint density at radius 3 is 1.47 bits per heavy atom. The van der Waals surface area contributed by atoms with Gasteiger partial charge in [-0.1, -0.05) is 41.0 Å². The van der Waals surface area contributed by atoms with Crippen molar-refractivity contribution in [3.8, 4) is 0 Å². The Morgan fingerprint density at radius 2 is 1.24 bits per heavy atom. The van der Waals surface area contributed by atoms with E-state index in [9.17, 15) is 0 Å². The summed E-state index contributed by atoms with van der Waals surface area (Å²) in [6, 6.07) is 0. The largest absolute Gasteiger partial charge is 0.506 e. The number of rotatable bonds is 8. The Morgan fingerprint density at radius 1 is 0.824 bits per heavy atom. The van der Waals surface area contributed by atoms with Gasteiger partial charge in [0.1, 0.15) is 0 Å². The molecule has 0 fully saturated rings. The molecular formula is C13H30O3Si. The average molecular weight is 262 g/mol. The van der Waals surface area contributed by atoms with Crippen LogP contribution in [0.4, 0.5) is 0 Å². The summed E-state index contributed by atoms with van der Waals surface area (Å²) in [6.45, 7) is 11.2. The molecule has 0 radical (unpaired) electrons. The van der Waals surface area contributed by atoms with E-state index in [-0.39, 0.29) is 10.5 Å². The summed E-state index contributed by atoms with van der Waals surface area (Å²) in [6.07, 6.45) is 3.19. The van der Waals surface area contributed by atoms with Crippen LogP contribution in [0.5, 0.6) is 0 Å². The minimum absolute atomic E-state index is 0.0369. The molecule has 0 saturated heterocycles. The van der Waals surface area contributed by atoms with Gasteiger partial charge in [-0.3, -0.25) is 0 Å². The molecule has 0 amide bonds. The van der Waals surface area contributed by atoms with Crippen LogP contribution in [0.1, 0.15) is 53.9 Å². The van der Waals surface area contributed by atoms with Crippen LogP contribution in [0, 0.1) is 5.41 Å². The van der Waals surface area contributed by atoms with E-state index in [1.807, 2.05) is 0 Å². The van der Waals surface area contributed by atoms with E-state index >= 15 is 0 Å². The monoisotopic (exact) mass is 262 g/mol. The normalized spacial score (nSPS) is 16.9. The number of hydrogen-bond donors (Lipinski definition) is 0. The smallest absolute Gasteiger partial charge is 0.377 e. The van der Waals surface area contributed by atoms with Gasteiger partial charge in [-0.25, -0.2) is 0 Å². The van der Waals surface area contributed by atoms with Crippen molar-refractivity contribution in [3.63, 3.8) is 0 Å². The van der Waals surface area contributed by atoms with Gasteiger partial charge in [-0.2, -0.15) is 0 Å². The maximum atomic E-state index is 5.68. The zero-order valence-corrected chi connectivity index (χ0v) is 13.8. The molecule has 104 valence electrons. The standard InChI is InChI=1S/C13H30O3Si/c1-9-12(3,4)11-13(5,10-2)17(14-6,15-7)16-8/h9-11H2,1-8H3. The maximum Gasteiger partial charge on any atom is 0.506 e. The molecule has 0 saturated carbocycles. The quantitative estimate of drug-likeness (QED) is 0.622. The lowest BCUT2D eigenvalue weighted by atomic mass is 9.80. The van der Waals surface area contributed by atoms with Crippen LogP contribution in [-0.2, 0) is 13.3 Å². The summed E-state index contributed by atoms with van der Waals surface area (Å²) in [4.78, 5) is 0. The van der Waals surface area contributed by atoms with Gasteiger partial charge in [-0.15, -0.1) is 0 Å². The highest BCUT2D eigenvalue weighted by atomic mass is 28.4. The van der Waals surface area contributed by atoms with Crippen LogP contribution >= 0.6 is 0 Å². The topological polar surface area (TPSA) is 27.7 Å². The molecule has 0 heterocycles. The third-order valence-corrected chi connectivity index (χ3v) is 7.77. The number of hydrogen-bond acceptors (Lipinski definition) is 3. The molecule has 0 N–H and O–H groups in total. The van der Waals surface area contributed by atoms with E-state index in [2.05, 4.69) is 34.6 Å². The van der Waals surface area contributed by atoms with Gasteiger partial charge in [-0.05, 0) is 18.3 Å². The van der Waals surface area contributed by atoms with Crippen LogP contribution in [0.2, 0.25) is 5.04 Å². The molecule has 0 aliphatic heterocycles. The van der Waals surface area contributed by atoms with Crippen LogP contribution in [0.25, 0.3) is 0 Å². The molecule has 0 rings (SSSR count). The summed E-state index contributed by atoms with van der Waals surface area (Å²) in [5.74, 6) is 0. The van der Waals surface area contributed by atoms with Crippen molar-refractivity contribution in [2.75, 3.05) is 21.3 Å². The Balaban J connectivity index is 5.24. The third-order valence-electron chi connectivity index (χ3n) is 4.15. The highest BCUT2D eigenvalue weighted by molar-refractivity contribution is 6.64. The van der Waals surface area contributed by atoms with Crippen molar-refractivity contribution in [1.29, 1.82) is 0 Å². The molecule has 0 bridgehead atoms.